The molecule has 1 aromatic heterocycles. The number of benzene rings is 3. The predicted molar refractivity (Wildman–Crippen MR) is 110 cm³/mol. The van der Waals surface area contributed by atoms with Crippen molar-refractivity contribution in [3.8, 4) is 28.0 Å². The molecule has 0 aliphatic rings. The molecule has 2 heteroatoms. The average molecular weight is 351 g/mol. The van der Waals surface area contributed by atoms with E-state index in [0.29, 0.717) is 0 Å². The van der Waals surface area contributed by atoms with Crippen LogP contribution in [0.25, 0.3) is 27.8 Å². The summed E-state index contributed by atoms with van der Waals surface area (Å²) >= 11 is 0. The Bertz CT molecular complexity index is 1040. The van der Waals surface area contributed by atoms with Crippen LogP contribution in [0.5, 0.6) is 5.75 Å². The second-order valence-corrected chi connectivity index (χ2v) is 6.19. The molecule has 0 atom stereocenters. The number of rotatable bonds is 5. The van der Waals surface area contributed by atoms with Crippen molar-refractivity contribution < 1.29 is 9.15 Å². The first-order chi connectivity index (χ1) is 13.3. The van der Waals surface area contributed by atoms with Gasteiger partial charge in [-0.2, -0.15) is 0 Å². The fourth-order valence-electron chi connectivity index (χ4n) is 3.23. The van der Waals surface area contributed by atoms with Crippen molar-refractivity contribution >= 4 is 5.57 Å². The van der Waals surface area contributed by atoms with Gasteiger partial charge in [0.05, 0.1) is 13.4 Å². The highest BCUT2D eigenvalue weighted by atomic mass is 16.5. The van der Waals surface area contributed by atoms with Crippen LogP contribution >= 0.6 is 0 Å². The number of hydrogen-bond donors (Lipinski definition) is 0. The molecule has 3 aromatic carbocycles. The Morgan fingerprint density at radius 3 is 2.33 bits per heavy atom. The van der Waals surface area contributed by atoms with Gasteiger partial charge in [0.25, 0.3) is 0 Å². The van der Waals surface area contributed by atoms with Crippen molar-refractivity contribution in [2.75, 3.05) is 7.11 Å². The molecule has 0 fully saturated rings. The fourth-order valence-corrected chi connectivity index (χ4v) is 3.23. The van der Waals surface area contributed by atoms with Gasteiger partial charge in [-0.25, -0.2) is 0 Å². The third-order valence-electron chi connectivity index (χ3n) is 4.58. The van der Waals surface area contributed by atoms with E-state index in [0.717, 1.165) is 44.9 Å². The zero-order chi connectivity index (χ0) is 18.6. The van der Waals surface area contributed by atoms with Crippen LogP contribution in [-0.4, -0.2) is 7.11 Å². The molecule has 2 nitrogen and oxygen atoms in total. The van der Waals surface area contributed by atoms with Crippen LogP contribution in [0.4, 0.5) is 0 Å². The SMILES string of the molecule is C=C(c1ccco1)c1c(-c2ccc(OC)cc2)[c]ccc1-c1ccccc1. The molecule has 0 saturated carbocycles. The van der Waals surface area contributed by atoms with Gasteiger partial charge in [-0.1, -0.05) is 61.2 Å². The van der Waals surface area contributed by atoms with E-state index in [2.05, 4.69) is 30.8 Å². The first-order valence-corrected chi connectivity index (χ1v) is 8.75. The number of ether oxygens (including phenoxy) is 1. The smallest absolute Gasteiger partial charge is 0.133 e. The van der Waals surface area contributed by atoms with E-state index in [1.54, 1.807) is 13.4 Å². The third kappa shape index (κ3) is 3.30. The maximum absolute atomic E-state index is 5.63. The summed E-state index contributed by atoms with van der Waals surface area (Å²) in [6.45, 7) is 4.34. The van der Waals surface area contributed by atoms with E-state index in [1.807, 2.05) is 60.7 Å². The zero-order valence-corrected chi connectivity index (χ0v) is 15.1. The molecule has 0 aliphatic heterocycles. The lowest BCUT2D eigenvalue weighted by Gasteiger charge is -2.16. The molecule has 27 heavy (non-hydrogen) atoms. The lowest BCUT2D eigenvalue weighted by atomic mass is 9.87. The third-order valence-corrected chi connectivity index (χ3v) is 4.58. The van der Waals surface area contributed by atoms with E-state index in [1.165, 1.54) is 0 Å². The summed E-state index contributed by atoms with van der Waals surface area (Å²) in [4.78, 5) is 0. The molecule has 0 aliphatic carbocycles. The summed E-state index contributed by atoms with van der Waals surface area (Å²) in [7, 11) is 1.67. The summed E-state index contributed by atoms with van der Waals surface area (Å²) in [5.41, 5.74) is 6.12. The van der Waals surface area contributed by atoms with E-state index < -0.39 is 0 Å². The molecule has 1 heterocycles. The second kappa shape index (κ2) is 7.38. The van der Waals surface area contributed by atoms with Crippen molar-refractivity contribution in [2.45, 2.75) is 0 Å². The maximum Gasteiger partial charge on any atom is 0.133 e. The summed E-state index contributed by atoms with van der Waals surface area (Å²) in [6.07, 6.45) is 1.67. The van der Waals surface area contributed by atoms with Gasteiger partial charge in [0.1, 0.15) is 11.5 Å². The van der Waals surface area contributed by atoms with Crippen LogP contribution in [0, 0.1) is 6.07 Å². The minimum Gasteiger partial charge on any atom is -0.497 e. The number of hydrogen-bond acceptors (Lipinski definition) is 2. The minimum absolute atomic E-state index is 0.751. The van der Waals surface area contributed by atoms with Gasteiger partial charge in [0.15, 0.2) is 0 Å². The van der Waals surface area contributed by atoms with Crippen LogP contribution in [0.15, 0.2) is 96.1 Å². The predicted octanol–water partition coefficient (Wildman–Crippen LogP) is 6.48. The molecular formula is C25H19O2. The lowest BCUT2D eigenvalue weighted by Crippen LogP contribution is -1.95. The molecule has 0 saturated heterocycles. The van der Waals surface area contributed by atoms with E-state index >= 15 is 0 Å². The molecular weight excluding hydrogens is 332 g/mol. The molecule has 4 aromatic rings. The Morgan fingerprint density at radius 1 is 0.889 bits per heavy atom. The van der Waals surface area contributed by atoms with Crippen LogP contribution in [0.3, 0.4) is 0 Å². The summed E-state index contributed by atoms with van der Waals surface area (Å²) in [5, 5.41) is 0. The van der Waals surface area contributed by atoms with Gasteiger partial charge in [-0.3, -0.25) is 0 Å². The van der Waals surface area contributed by atoms with Crippen molar-refractivity contribution in [1.82, 2.24) is 0 Å². The van der Waals surface area contributed by atoms with Crippen molar-refractivity contribution in [3.63, 3.8) is 0 Å². The Balaban J connectivity index is 1.94. The fraction of sp³-hybridized carbons (Fsp3) is 0.0400. The average Bonchev–Trinajstić information content (AvgIpc) is 3.28. The zero-order valence-electron chi connectivity index (χ0n) is 15.1. The van der Waals surface area contributed by atoms with E-state index in [9.17, 15) is 0 Å². The quantitative estimate of drug-likeness (QED) is 0.410. The Morgan fingerprint density at radius 2 is 1.67 bits per heavy atom. The maximum atomic E-state index is 5.63. The van der Waals surface area contributed by atoms with Crippen molar-refractivity contribution in [1.29, 1.82) is 0 Å². The van der Waals surface area contributed by atoms with Crippen LogP contribution in [-0.2, 0) is 0 Å². The molecule has 4 rings (SSSR count). The largest absolute Gasteiger partial charge is 0.497 e. The van der Waals surface area contributed by atoms with Crippen molar-refractivity contribution in [2.24, 2.45) is 0 Å². The Labute approximate surface area is 159 Å². The van der Waals surface area contributed by atoms with Gasteiger partial charge in [0.2, 0.25) is 0 Å². The topological polar surface area (TPSA) is 22.4 Å². The summed E-state index contributed by atoms with van der Waals surface area (Å²) < 4.78 is 10.9. The molecule has 0 N–H and O–H groups in total. The lowest BCUT2D eigenvalue weighted by molar-refractivity contribution is 0.415. The van der Waals surface area contributed by atoms with Gasteiger partial charge < -0.3 is 9.15 Å². The van der Waals surface area contributed by atoms with Gasteiger partial charge in [-0.15, -0.1) is 0 Å². The van der Waals surface area contributed by atoms with Crippen LogP contribution in [0.2, 0.25) is 0 Å². The first kappa shape index (κ1) is 16.9. The second-order valence-electron chi connectivity index (χ2n) is 6.19. The van der Waals surface area contributed by atoms with Gasteiger partial charge >= 0.3 is 0 Å². The van der Waals surface area contributed by atoms with Crippen molar-refractivity contribution in [3.05, 3.63) is 109 Å². The summed E-state index contributed by atoms with van der Waals surface area (Å²) in [6, 6.07) is 29.5. The molecule has 0 amide bonds. The highest BCUT2D eigenvalue weighted by Crippen LogP contribution is 2.39. The highest BCUT2D eigenvalue weighted by Gasteiger charge is 2.17. The highest BCUT2D eigenvalue weighted by molar-refractivity contribution is 5.94. The first-order valence-electron chi connectivity index (χ1n) is 8.75. The number of methoxy groups -OCH3 is 1. The van der Waals surface area contributed by atoms with Gasteiger partial charge in [-0.05, 0) is 52.6 Å². The molecule has 0 unspecified atom stereocenters. The molecule has 1 radical (unpaired) electrons. The van der Waals surface area contributed by atoms with E-state index in [-0.39, 0.29) is 0 Å². The van der Waals surface area contributed by atoms with Gasteiger partial charge in [0, 0.05) is 11.1 Å². The van der Waals surface area contributed by atoms with E-state index in [4.69, 9.17) is 9.15 Å². The summed E-state index contributed by atoms with van der Waals surface area (Å²) in [5.74, 6) is 1.57. The molecule has 0 bridgehead atoms. The molecule has 0 spiro atoms. The van der Waals surface area contributed by atoms with Crippen LogP contribution < -0.4 is 4.74 Å². The van der Waals surface area contributed by atoms with Crippen LogP contribution in [0.1, 0.15) is 11.3 Å². The normalized spacial score (nSPS) is 10.6. The minimum atomic E-state index is 0.751. The monoisotopic (exact) mass is 351 g/mol. The number of furan rings is 1. The standard InChI is InChI=1S/C25H19O2/c1-18(24-12-7-17-27-24)25-22(19-8-4-3-5-9-19)10-6-11-23(25)20-13-15-21(26-2)16-14-20/h3-10,12-17H,1H2,2H3. The molecule has 131 valence electrons. The Kier molecular flexibility index (Phi) is 4.63. The Hall–Kier alpha value is -3.52.